The number of benzene rings is 2. The molecule has 1 aliphatic rings. The summed E-state index contributed by atoms with van der Waals surface area (Å²) in [6, 6.07) is 15.2. The van der Waals surface area contributed by atoms with Crippen molar-refractivity contribution in [2.75, 3.05) is 45.0 Å². The van der Waals surface area contributed by atoms with E-state index in [1.807, 2.05) is 69.3 Å². The second-order valence-corrected chi connectivity index (χ2v) is 10.7. The molecule has 1 aromatic heterocycles. The molecule has 2 aromatic carbocycles. The van der Waals surface area contributed by atoms with Crippen molar-refractivity contribution < 1.29 is 28.9 Å². The van der Waals surface area contributed by atoms with Crippen molar-refractivity contribution >= 4 is 17.5 Å². The number of rotatable bonds is 14. The number of aromatic nitrogens is 3. The quantitative estimate of drug-likeness (QED) is 0.277. The van der Waals surface area contributed by atoms with Gasteiger partial charge in [-0.3, -0.25) is 9.59 Å². The summed E-state index contributed by atoms with van der Waals surface area (Å²) in [5.41, 5.74) is 3.89. The third kappa shape index (κ3) is 7.60. The van der Waals surface area contributed by atoms with E-state index in [1.165, 1.54) is 4.68 Å². The van der Waals surface area contributed by atoms with E-state index in [1.54, 1.807) is 12.0 Å². The summed E-state index contributed by atoms with van der Waals surface area (Å²) in [6.45, 7) is 8.05. The van der Waals surface area contributed by atoms with Crippen molar-refractivity contribution in [1.82, 2.24) is 20.3 Å². The number of aliphatic hydroxyl groups excluding tert-OH is 1. The highest BCUT2D eigenvalue weighted by Gasteiger charge is 2.30. The maximum Gasteiger partial charge on any atom is 0.227 e. The number of methoxy groups -OCH3 is 1. The van der Waals surface area contributed by atoms with Crippen LogP contribution in [-0.4, -0.2) is 77.6 Å². The predicted octanol–water partition coefficient (Wildman–Crippen LogP) is 3.71. The summed E-state index contributed by atoms with van der Waals surface area (Å²) in [5.74, 6) is -0.354. The van der Waals surface area contributed by atoms with E-state index in [2.05, 4.69) is 15.6 Å². The van der Waals surface area contributed by atoms with Crippen LogP contribution in [0.4, 0.5) is 5.69 Å². The van der Waals surface area contributed by atoms with Gasteiger partial charge >= 0.3 is 0 Å². The molecule has 42 heavy (non-hydrogen) atoms. The molecular formula is C31H41N5O6. The Morgan fingerprint density at radius 1 is 1.07 bits per heavy atom. The SMILES string of the molecule is CCOC(C)(C)CCNC(=O)CCC(=O)N1Cc2ccccc2-c2c(nnn2C(O)COCCOC)-c2ccccc21. The Hall–Kier alpha value is -3.64. The topological polar surface area (TPSA) is 128 Å². The van der Waals surface area contributed by atoms with Gasteiger partial charge in [-0.1, -0.05) is 47.7 Å². The Balaban J connectivity index is 1.57. The molecule has 0 bridgehead atoms. The van der Waals surface area contributed by atoms with E-state index in [9.17, 15) is 14.7 Å². The highest BCUT2D eigenvalue weighted by atomic mass is 16.5. The molecular weight excluding hydrogens is 538 g/mol. The second-order valence-electron chi connectivity index (χ2n) is 10.7. The standard InChI is InChI=1S/C31H41N5O6/c1-5-42-31(2,3)16-17-32-26(37)14-15-27(38)35-20-22-10-6-7-11-23(22)30-29(24-12-8-9-13-25(24)35)33-34-36(30)28(39)21-41-19-18-40-4/h6-13,28,39H,5,14-21H2,1-4H3,(H,32,37). The number of carbonyl (C=O) groups excluding carboxylic acids is 2. The monoisotopic (exact) mass is 579 g/mol. The van der Waals surface area contributed by atoms with Crippen LogP contribution in [0.5, 0.6) is 0 Å². The first-order valence-electron chi connectivity index (χ1n) is 14.3. The third-order valence-corrected chi connectivity index (χ3v) is 7.18. The van der Waals surface area contributed by atoms with Crippen LogP contribution >= 0.6 is 0 Å². The number of nitrogens with one attached hydrogen (secondary N) is 1. The Morgan fingerprint density at radius 3 is 2.57 bits per heavy atom. The maximum atomic E-state index is 13.7. The van der Waals surface area contributed by atoms with Gasteiger partial charge in [-0.05, 0) is 38.8 Å². The minimum absolute atomic E-state index is 0.0127. The van der Waals surface area contributed by atoms with Gasteiger partial charge in [-0.25, -0.2) is 4.68 Å². The number of amides is 2. The van der Waals surface area contributed by atoms with Gasteiger partial charge in [0.05, 0.1) is 37.7 Å². The lowest BCUT2D eigenvalue weighted by molar-refractivity contribution is -0.125. The van der Waals surface area contributed by atoms with Gasteiger partial charge in [0.15, 0.2) is 6.23 Å². The first kappa shape index (κ1) is 31.3. The molecule has 3 aromatic rings. The van der Waals surface area contributed by atoms with Crippen molar-refractivity contribution in [1.29, 1.82) is 0 Å². The number of anilines is 1. The van der Waals surface area contributed by atoms with Crippen LogP contribution in [-0.2, 0) is 30.3 Å². The van der Waals surface area contributed by atoms with Gasteiger partial charge in [-0.15, -0.1) is 5.10 Å². The van der Waals surface area contributed by atoms with E-state index >= 15 is 0 Å². The molecule has 0 saturated heterocycles. The molecule has 0 radical (unpaired) electrons. The first-order valence-corrected chi connectivity index (χ1v) is 14.3. The van der Waals surface area contributed by atoms with Crippen LogP contribution in [0, 0.1) is 0 Å². The lowest BCUT2D eigenvalue weighted by Gasteiger charge is -2.29. The Labute approximate surface area is 246 Å². The molecule has 11 nitrogen and oxygen atoms in total. The van der Waals surface area contributed by atoms with Gasteiger partial charge in [0.1, 0.15) is 11.4 Å². The molecule has 0 saturated carbocycles. The summed E-state index contributed by atoms with van der Waals surface area (Å²) in [6.07, 6.45) is -0.277. The van der Waals surface area contributed by atoms with Crippen molar-refractivity contribution in [3.8, 4) is 22.5 Å². The molecule has 2 heterocycles. The second kappa shape index (κ2) is 14.5. The molecule has 2 amide bonds. The highest BCUT2D eigenvalue weighted by Crippen LogP contribution is 2.41. The highest BCUT2D eigenvalue weighted by molar-refractivity contribution is 6.01. The van der Waals surface area contributed by atoms with Gasteiger partial charge < -0.3 is 29.5 Å². The number of para-hydroxylation sites is 1. The largest absolute Gasteiger partial charge is 0.382 e. The summed E-state index contributed by atoms with van der Waals surface area (Å²) in [5, 5.41) is 22.7. The predicted molar refractivity (Wildman–Crippen MR) is 159 cm³/mol. The summed E-state index contributed by atoms with van der Waals surface area (Å²) >= 11 is 0. The Bertz CT molecular complexity index is 1360. The first-order chi connectivity index (χ1) is 20.3. The number of ether oxygens (including phenoxy) is 3. The minimum Gasteiger partial charge on any atom is -0.382 e. The lowest BCUT2D eigenvalue weighted by Crippen LogP contribution is -2.35. The minimum atomic E-state index is -1.08. The van der Waals surface area contributed by atoms with Crippen LogP contribution in [0.2, 0.25) is 0 Å². The molecule has 11 heteroatoms. The fraction of sp³-hybridized carbons (Fsp3) is 0.484. The average molecular weight is 580 g/mol. The van der Waals surface area contributed by atoms with E-state index in [4.69, 9.17) is 14.2 Å². The molecule has 0 spiro atoms. The fourth-order valence-corrected chi connectivity index (χ4v) is 5.02. The number of fused-ring (bicyclic) bond motifs is 5. The molecule has 4 rings (SSSR count). The maximum absolute atomic E-state index is 13.7. The summed E-state index contributed by atoms with van der Waals surface area (Å²) in [7, 11) is 1.59. The molecule has 0 fully saturated rings. The van der Waals surface area contributed by atoms with Gasteiger partial charge in [-0.2, -0.15) is 0 Å². The number of carbonyl (C=O) groups is 2. The molecule has 2 N–H and O–H groups in total. The van der Waals surface area contributed by atoms with Crippen molar-refractivity contribution in [3.63, 3.8) is 0 Å². The van der Waals surface area contributed by atoms with E-state index < -0.39 is 6.23 Å². The zero-order valence-electron chi connectivity index (χ0n) is 24.8. The van der Waals surface area contributed by atoms with Gasteiger partial charge in [0.2, 0.25) is 11.8 Å². The average Bonchev–Trinajstić information content (AvgIpc) is 3.40. The molecule has 0 aliphatic carbocycles. The molecule has 1 aliphatic heterocycles. The van der Waals surface area contributed by atoms with Crippen molar-refractivity contribution in [3.05, 3.63) is 54.1 Å². The van der Waals surface area contributed by atoms with Gasteiger partial charge in [0.25, 0.3) is 0 Å². The van der Waals surface area contributed by atoms with E-state index in [-0.39, 0.29) is 43.4 Å². The van der Waals surface area contributed by atoms with Crippen LogP contribution in [0.1, 0.15) is 51.8 Å². The third-order valence-electron chi connectivity index (χ3n) is 7.18. The van der Waals surface area contributed by atoms with Gasteiger partial charge in [0, 0.05) is 44.2 Å². The molecule has 226 valence electrons. The molecule has 1 unspecified atom stereocenters. The van der Waals surface area contributed by atoms with E-state index in [0.717, 1.165) is 11.1 Å². The summed E-state index contributed by atoms with van der Waals surface area (Å²) < 4.78 is 17.7. The Morgan fingerprint density at radius 2 is 1.81 bits per heavy atom. The number of hydrogen-bond acceptors (Lipinski definition) is 8. The smallest absolute Gasteiger partial charge is 0.227 e. The fourth-order valence-electron chi connectivity index (χ4n) is 5.02. The summed E-state index contributed by atoms with van der Waals surface area (Å²) in [4.78, 5) is 28.0. The lowest BCUT2D eigenvalue weighted by atomic mass is 9.95. The van der Waals surface area contributed by atoms with Crippen molar-refractivity contribution in [2.45, 2.75) is 58.4 Å². The van der Waals surface area contributed by atoms with Crippen LogP contribution < -0.4 is 10.2 Å². The normalized spacial score (nSPS) is 13.4. The van der Waals surface area contributed by atoms with Crippen LogP contribution in [0.25, 0.3) is 22.5 Å². The zero-order valence-corrected chi connectivity index (χ0v) is 24.8. The number of hydrogen-bond donors (Lipinski definition) is 2. The van der Waals surface area contributed by atoms with Crippen LogP contribution in [0.3, 0.4) is 0 Å². The van der Waals surface area contributed by atoms with Crippen molar-refractivity contribution in [2.24, 2.45) is 0 Å². The zero-order chi connectivity index (χ0) is 30.1. The number of aliphatic hydroxyl groups is 1. The van der Waals surface area contributed by atoms with Crippen LogP contribution in [0.15, 0.2) is 48.5 Å². The Kier molecular flexibility index (Phi) is 10.8. The molecule has 1 atom stereocenters. The van der Waals surface area contributed by atoms with E-state index in [0.29, 0.717) is 55.4 Å². The number of nitrogens with zero attached hydrogens (tertiary/aromatic N) is 4.